The lowest BCUT2D eigenvalue weighted by Gasteiger charge is -2.04. The fourth-order valence-corrected chi connectivity index (χ4v) is 3.10. The Hall–Kier alpha value is -0.0362. The van der Waals surface area contributed by atoms with Crippen molar-refractivity contribution in [3.8, 4) is 0 Å². The molecular weight excluding hydrogens is 173 g/mol. The minimum atomic E-state index is -4.15. The van der Waals surface area contributed by atoms with Gasteiger partial charge in [-0.2, -0.15) is 0 Å². The van der Waals surface area contributed by atoms with E-state index < -0.39 is 17.1 Å². The van der Waals surface area contributed by atoms with E-state index in [4.69, 9.17) is 0 Å². The summed E-state index contributed by atoms with van der Waals surface area (Å²) >= 11 is 0. The Kier molecular flexibility index (Phi) is 2.90. The first-order valence-corrected chi connectivity index (χ1v) is 8.27. The van der Waals surface area contributed by atoms with Crippen molar-refractivity contribution in [3.63, 3.8) is 0 Å². The van der Waals surface area contributed by atoms with Crippen molar-refractivity contribution in [2.45, 2.75) is 19.6 Å². The Balaban J connectivity index is 4.01. The van der Waals surface area contributed by atoms with Crippen LogP contribution in [0.25, 0.3) is 0 Å². The van der Waals surface area contributed by atoms with Gasteiger partial charge in [0.05, 0.1) is 0 Å². The van der Waals surface area contributed by atoms with Crippen LogP contribution in [0.1, 0.15) is 0 Å². The summed E-state index contributed by atoms with van der Waals surface area (Å²) in [5, 5.41) is 0. The molecule has 0 N–H and O–H groups in total. The van der Waals surface area contributed by atoms with E-state index in [1.54, 1.807) is 0 Å². The molecule has 0 aromatic rings. The van der Waals surface area contributed by atoms with Crippen molar-refractivity contribution in [2.75, 3.05) is 0 Å². The second kappa shape index (κ2) is 2.92. The normalized spacial score (nSPS) is 14.6. The molecule has 0 aliphatic rings. The largest absolute Gasteiger partial charge is 0.445 e. The van der Waals surface area contributed by atoms with Crippen LogP contribution in [0.5, 0.6) is 0 Å². The molecule has 0 radical (unpaired) electrons. The lowest BCUT2D eigenvalue weighted by molar-refractivity contribution is 0.639. The Labute approximate surface area is 61.3 Å². The molecule has 0 aliphatic heterocycles. The fraction of sp³-hybridized carbons (Fsp3) is 0.600. The standard InChI is InChI=1S/C5H11F3Si2/c1-9(2,6)4-5-10(3,7)8/h4-5H,1-3H3/b5-4+. The molecule has 0 amide bonds. The molecule has 60 valence electrons. The van der Waals surface area contributed by atoms with Gasteiger partial charge in [0, 0.05) is 0 Å². The van der Waals surface area contributed by atoms with E-state index in [1.165, 1.54) is 13.1 Å². The molecule has 0 aromatic carbocycles. The van der Waals surface area contributed by atoms with Crippen LogP contribution in [0.2, 0.25) is 19.6 Å². The highest BCUT2D eigenvalue weighted by molar-refractivity contribution is 6.79. The number of rotatable bonds is 2. The van der Waals surface area contributed by atoms with Crippen LogP contribution in [-0.2, 0) is 0 Å². The zero-order valence-electron chi connectivity index (χ0n) is 6.29. The van der Waals surface area contributed by atoms with E-state index in [-0.39, 0.29) is 0 Å². The SMILES string of the molecule is C[Si](C)(F)/C=C/[Si](C)(F)F. The van der Waals surface area contributed by atoms with Gasteiger partial charge in [-0.1, -0.05) is 5.70 Å². The monoisotopic (exact) mass is 184 g/mol. The molecule has 0 atom stereocenters. The highest BCUT2D eigenvalue weighted by Crippen LogP contribution is 2.11. The van der Waals surface area contributed by atoms with Crippen LogP contribution < -0.4 is 0 Å². The van der Waals surface area contributed by atoms with Crippen molar-refractivity contribution in [1.29, 1.82) is 0 Å². The third kappa shape index (κ3) is 7.96. The zero-order valence-corrected chi connectivity index (χ0v) is 8.29. The first-order valence-electron chi connectivity index (χ1n) is 2.98. The predicted molar refractivity (Wildman–Crippen MR) is 41.6 cm³/mol. The maximum absolute atomic E-state index is 12.7. The minimum absolute atomic E-state index is 0.763. The number of hydrogen-bond acceptors (Lipinski definition) is 0. The topological polar surface area (TPSA) is 0 Å². The quantitative estimate of drug-likeness (QED) is 0.457. The highest BCUT2D eigenvalue weighted by atomic mass is 28.4. The van der Waals surface area contributed by atoms with Gasteiger partial charge in [-0.05, 0) is 25.3 Å². The second-order valence-electron chi connectivity index (χ2n) is 2.85. The van der Waals surface area contributed by atoms with Gasteiger partial charge in [0.1, 0.15) is 0 Å². The summed E-state index contributed by atoms with van der Waals surface area (Å²) in [5.41, 5.74) is 1.82. The molecule has 0 nitrogen and oxygen atoms in total. The summed E-state index contributed by atoms with van der Waals surface area (Å²) in [6, 6.07) is 0. The van der Waals surface area contributed by atoms with Crippen LogP contribution >= 0.6 is 0 Å². The zero-order chi connectivity index (χ0) is 8.41. The molecule has 10 heavy (non-hydrogen) atoms. The smallest absolute Gasteiger partial charge is 0.309 e. The molecule has 0 fully saturated rings. The summed E-state index contributed by atoms with van der Waals surface area (Å²) < 4.78 is 37.0. The molecule has 0 bridgehead atoms. The summed E-state index contributed by atoms with van der Waals surface area (Å²) in [6.45, 7) is 3.64. The Bertz CT molecular complexity index is 115. The molecule has 0 aliphatic carbocycles. The van der Waals surface area contributed by atoms with Gasteiger partial charge in [0.25, 0.3) is 8.41 Å². The first-order chi connectivity index (χ1) is 4.21. The summed E-state index contributed by atoms with van der Waals surface area (Å²) in [7, 11) is -7.05. The van der Waals surface area contributed by atoms with Crippen molar-refractivity contribution in [3.05, 3.63) is 11.4 Å². The molecule has 0 saturated heterocycles. The van der Waals surface area contributed by atoms with Crippen molar-refractivity contribution >= 4 is 17.1 Å². The van der Waals surface area contributed by atoms with Gasteiger partial charge >= 0.3 is 8.74 Å². The first kappa shape index (κ1) is 9.96. The Morgan fingerprint density at radius 2 is 1.30 bits per heavy atom. The number of halogens is 3. The van der Waals surface area contributed by atoms with Gasteiger partial charge in [-0.25, -0.2) is 0 Å². The molecular formula is C5H11F3Si2. The summed E-state index contributed by atoms with van der Waals surface area (Å²) in [4.78, 5) is 0. The predicted octanol–water partition coefficient (Wildman–Crippen LogP) is 2.81. The highest BCUT2D eigenvalue weighted by Gasteiger charge is 2.26. The molecule has 0 saturated carbocycles. The van der Waals surface area contributed by atoms with Gasteiger partial charge in [-0.3, -0.25) is 8.22 Å². The van der Waals surface area contributed by atoms with E-state index in [9.17, 15) is 12.3 Å². The molecule has 5 heteroatoms. The lowest BCUT2D eigenvalue weighted by atomic mass is 11.2. The second-order valence-corrected chi connectivity index (χ2v) is 8.56. The maximum Gasteiger partial charge on any atom is 0.445 e. The van der Waals surface area contributed by atoms with E-state index in [0.717, 1.165) is 17.9 Å². The van der Waals surface area contributed by atoms with Crippen LogP contribution in [0.3, 0.4) is 0 Å². The lowest BCUT2D eigenvalue weighted by Crippen LogP contribution is -2.19. The van der Waals surface area contributed by atoms with Crippen molar-refractivity contribution < 1.29 is 12.3 Å². The van der Waals surface area contributed by atoms with Gasteiger partial charge in [0.2, 0.25) is 0 Å². The molecule has 0 unspecified atom stereocenters. The van der Waals surface area contributed by atoms with Crippen LogP contribution in [0.15, 0.2) is 11.4 Å². The van der Waals surface area contributed by atoms with Crippen LogP contribution in [0.4, 0.5) is 12.3 Å². The Morgan fingerprint density at radius 3 is 1.40 bits per heavy atom. The maximum atomic E-state index is 12.7. The Morgan fingerprint density at radius 1 is 0.900 bits per heavy atom. The summed E-state index contributed by atoms with van der Waals surface area (Å²) in [5.74, 6) is 0. The van der Waals surface area contributed by atoms with Crippen molar-refractivity contribution in [2.24, 2.45) is 0 Å². The molecule has 0 aromatic heterocycles. The third-order valence-corrected chi connectivity index (χ3v) is 2.82. The third-order valence-electron chi connectivity index (χ3n) is 0.772. The van der Waals surface area contributed by atoms with Gasteiger partial charge < -0.3 is 4.11 Å². The van der Waals surface area contributed by atoms with Gasteiger partial charge in [-0.15, -0.1) is 0 Å². The van der Waals surface area contributed by atoms with E-state index >= 15 is 0 Å². The van der Waals surface area contributed by atoms with E-state index in [1.807, 2.05) is 0 Å². The van der Waals surface area contributed by atoms with Gasteiger partial charge in [0.15, 0.2) is 0 Å². The summed E-state index contributed by atoms with van der Waals surface area (Å²) in [6.07, 6.45) is 0. The molecule has 0 rings (SSSR count). The van der Waals surface area contributed by atoms with E-state index in [2.05, 4.69) is 0 Å². The van der Waals surface area contributed by atoms with Crippen molar-refractivity contribution in [1.82, 2.24) is 0 Å². The van der Waals surface area contributed by atoms with Crippen LogP contribution in [0, 0.1) is 0 Å². The van der Waals surface area contributed by atoms with Crippen LogP contribution in [-0.4, -0.2) is 17.1 Å². The average Bonchev–Trinajstić information content (AvgIpc) is 1.57. The molecule has 0 spiro atoms. The van der Waals surface area contributed by atoms with E-state index in [0.29, 0.717) is 0 Å². The number of hydrogen-bond donors (Lipinski definition) is 0. The fourth-order valence-electron chi connectivity index (χ4n) is 0.344. The molecule has 0 heterocycles. The average molecular weight is 184 g/mol. The minimum Gasteiger partial charge on any atom is -0.309 e.